The number of anilines is 2. The van der Waals surface area contributed by atoms with Gasteiger partial charge in [0.2, 0.25) is 11.8 Å². The van der Waals surface area contributed by atoms with E-state index in [0.717, 1.165) is 36.8 Å². The molecule has 1 fully saturated rings. The first-order valence-electron chi connectivity index (χ1n) is 10.5. The van der Waals surface area contributed by atoms with E-state index in [4.69, 9.17) is 23.2 Å². The van der Waals surface area contributed by atoms with Crippen LogP contribution >= 0.6 is 68.4 Å². The van der Waals surface area contributed by atoms with Crippen LogP contribution in [0.3, 0.4) is 0 Å². The van der Waals surface area contributed by atoms with Crippen LogP contribution in [0.15, 0.2) is 24.3 Å². The molecule has 0 atom stereocenters. The molecular weight excluding hydrogens is 677 g/mol. The van der Waals surface area contributed by atoms with Gasteiger partial charge >= 0.3 is 0 Å². The first-order chi connectivity index (χ1) is 15.4. The standard InChI is InChI=1S/C11H11ClN2O.C7H5ClN2O.C4H8I2/c12-8-4-3-7-9(13-8)14-10(15)11(7)5-1-2-6-11;8-5-2-1-4-3-6(11)10-7(4)9-5;5-3-1-2-4-6/h3-4H,1-2,5-6H2,(H,13,14,15);1-2H,3H2,(H,9,10,11);1-4H2. The number of hydrogen-bond donors (Lipinski definition) is 2. The lowest BCUT2D eigenvalue weighted by atomic mass is 9.81. The third-order valence-corrected chi connectivity index (χ3v) is 7.52. The number of unbranched alkanes of at least 4 members (excludes halogenated alkanes) is 1. The molecule has 2 aliphatic heterocycles. The summed E-state index contributed by atoms with van der Waals surface area (Å²) >= 11 is 16.2. The fourth-order valence-electron chi connectivity index (χ4n) is 3.99. The van der Waals surface area contributed by atoms with E-state index in [1.807, 2.05) is 12.1 Å². The molecule has 3 aliphatic rings. The Morgan fingerprint density at radius 2 is 1.47 bits per heavy atom. The van der Waals surface area contributed by atoms with Gasteiger partial charge in [-0.25, -0.2) is 9.97 Å². The van der Waals surface area contributed by atoms with Gasteiger partial charge in [-0.1, -0.05) is 93.4 Å². The average Bonchev–Trinajstić information content (AvgIpc) is 3.46. The lowest BCUT2D eigenvalue weighted by Crippen LogP contribution is -2.30. The van der Waals surface area contributed by atoms with Crippen LogP contribution in [-0.4, -0.2) is 30.6 Å². The highest BCUT2D eigenvalue weighted by atomic mass is 127. The molecule has 2 aromatic rings. The van der Waals surface area contributed by atoms with Crippen LogP contribution in [0.1, 0.15) is 49.7 Å². The molecule has 172 valence electrons. The fraction of sp³-hybridized carbons (Fsp3) is 0.455. The summed E-state index contributed by atoms with van der Waals surface area (Å²) in [7, 11) is 0. The van der Waals surface area contributed by atoms with Gasteiger partial charge in [0.25, 0.3) is 0 Å². The van der Waals surface area contributed by atoms with E-state index < -0.39 is 0 Å². The predicted molar refractivity (Wildman–Crippen MR) is 147 cm³/mol. The summed E-state index contributed by atoms with van der Waals surface area (Å²) in [5.74, 6) is 1.34. The Morgan fingerprint density at radius 3 is 2.09 bits per heavy atom. The number of pyridine rings is 2. The second-order valence-electron chi connectivity index (χ2n) is 7.73. The molecule has 2 N–H and O–H groups in total. The van der Waals surface area contributed by atoms with E-state index in [0.29, 0.717) is 28.4 Å². The molecule has 10 heteroatoms. The first-order valence-corrected chi connectivity index (χ1v) is 14.3. The van der Waals surface area contributed by atoms with Gasteiger partial charge in [0, 0.05) is 11.1 Å². The SMILES string of the molecule is ICCCCI.O=C1Cc2ccc(Cl)nc2N1.O=C1Nc2nc(Cl)ccc2C12CCCC2. The highest BCUT2D eigenvalue weighted by molar-refractivity contribution is 14.1. The van der Waals surface area contributed by atoms with Gasteiger partial charge in [0.1, 0.15) is 21.9 Å². The zero-order chi connectivity index (χ0) is 23.1. The van der Waals surface area contributed by atoms with Gasteiger partial charge in [-0.05, 0) is 46.7 Å². The lowest BCUT2D eigenvalue weighted by Gasteiger charge is -2.19. The van der Waals surface area contributed by atoms with Crippen molar-refractivity contribution >= 4 is 91.8 Å². The van der Waals surface area contributed by atoms with Crippen molar-refractivity contribution < 1.29 is 9.59 Å². The molecule has 2 amide bonds. The van der Waals surface area contributed by atoms with Crippen molar-refractivity contribution in [3.63, 3.8) is 0 Å². The quantitative estimate of drug-likeness (QED) is 0.169. The predicted octanol–water partition coefficient (Wildman–Crippen LogP) is 6.37. The summed E-state index contributed by atoms with van der Waals surface area (Å²) in [5, 5.41) is 6.28. The first kappa shape index (κ1) is 25.9. The van der Waals surface area contributed by atoms with Gasteiger partial charge in [-0.15, -0.1) is 0 Å². The molecule has 0 saturated heterocycles. The summed E-state index contributed by atoms with van der Waals surface area (Å²) in [6, 6.07) is 7.19. The number of carbonyl (C=O) groups is 2. The largest absolute Gasteiger partial charge is 0.310 e. The topological polar surface area (TPSA) is 84.0 Å². The summed E-state index contributed by atoms with van der Waals surface area (Å²) in [4.78, 5) is 30.9. The van der Waals surface area contributed by atoms with E-state index in [-0.39, 0.29) is 17.2 Å². The molecule has 1 spiro atoms. The van der Waals surface area contributed by atoms with Crippen LogP contribution in [0.25, 0.3) is 0 Å². The zero-order valence-electron chi connectivity index (χ0n) is 17.4. The molecule has 0 unspecified atom stereocenters. The maximum atomic E-state index is 12.0. The van der Waals surface area contributed by atoms with Gasteiger partial charge in [-0.2, -0.15) is 0 Å². The van der Waals surface area contributed by atoms with Crippen molar-refractivity contribution in [1.29, 1.82) is 0 Å². The number of hydrogen-bond acceptors (Lipinski definition) is 4. The number of nitrogens with one attached hydrogen (secondary N) is 2. The highest BCUT2D eigenvalue weighted by Crippen LogP contribution is 2.48. The van der Waals surface area contributed by atoms with Gasteiger partial charge in [0.15, 0.2) is 0 Å². The van der Waals surface area contributed by atoms with Crippen molar-refractivity contribution in [1.82, 2.24) is 9.97 Å². The maximum Gasteiger partial charge on any atom is 0.236 e. The molecule has 4 heterocycles. The van der Waals surface area contributed by atoms with Gasteiger partial charge < -0.3 is 10.6 Å². The Labute approximate surface area is 225 Å². The van der Waals surface area contributed by atoms with Gasteiger partial charge in [-0.3, -0.25) is 9.59 Å². The smallest absolute Gasteiger partial charge is 0.236 e. The number of alkyl halides is 2. The van der Waals surface area contributed by atoms with E-state index in [9.17, 15) is 9.59 Å². The molecule has 0 bridgehead atoms. The van der Waals surface area contributed by atoms with Crippen molar-refractivity contribution in [3.05, 3.63) is 45.7 Å². The molecule has 0 radical (unpaired) electrons. The zero-order valence-corrected chi connectivity index (χ0v) is 23.2. The van der Waals surface area contributed by atoms with Crippen molar-refractivity contribution in [2.75, 3.05) is 19.5 Å². The van der Waals surface area contributed by atoms with E-state index in [1.165, 1.54) is 21.7 Å². The number of amides is 2. The molecular formula is C22H24Cl2I2N4O2. The molecule has 2 aromatic heterocycles. The van der Waals surface area contributed by atoms with Crippen LogP contribution in [0.4, 0.5) is 11.6 Å². The minimum atomic E-state index is -0.299. The average molecular weight is 701 g/mol. The van der Waals surface area contributed by atoms with Crippen LogP contribution in [-0.2, 0) is 21.4 Å². The van der Waals surface area contributed by atoms with Crippen molar-refractivity contribution in [3.8, 4) is 0 Å². The summed E-state index contributed by atoms with van der Waals surface area (Å²) in [6.45, 7) is 0. The monoisotopic (exact) mass is 700 g/mol. The van der Waals surface area contributed by atoms with E-state index in [1.54, 1.807) is 12.1 Å². The molecule has 1 saturated carbocycles. The molecule has 0 aromatic carbocycles. The Kier molecular flexibility index (Phi) is 9.81. The number of nitrogens with zero attached hydrogens (tertiary/aromatic N) is 2. The second-order valence-corrected chi connectivity index (χ2v) is 10.7. The van der Waals surface area contributed by atoms with Crippen LogP contribution in [0, 0.1) is 0 Å². The minimum absolute atomic E-state index is 0.0187. The number of rotatable bonds is 3. The Morgan fingerprint density at radius 1 is 0.875 bits per heavy atom. The van der Waals surface area contributed by atoms with E-state index >= 15 is 0 Å². The van der Waals surface area contributed by atoms with Gasteiger partial charge in [0.05, 0.1) is 11.8 Å². The highest BCUT2D eigenvalue weighted by Gasteiger charge is 2.49. The van der Waals surface area contributed by atoms with E-state index in [2.05, 4.69) is 65.8 Å². The second kappa shape index (κ2) is 12.1. The third-order valence-electron chi connectivity index (χ3n) is 5.57. The number of aromatic nitrogens is 2. The maximum absolute atomic E-state index is 12.0. The summed E-state index contributed by atoms with van der Waals surface area (Å²) < 4.78 is 2.64. The van der Waals surface area contributed by atoms with Crippen LogP contribution in [0.5, 0.6) is 0 Å². The third kappa shape index (κ3) is 6.24. The number of carbonyl (C=O) groups excluding carboxylic acids is 2. The molecule has 5 rings (SSSR count). The summed E-state index contributed by atoms with van der Waals surface area (Å²) in [6.07, 6.45) is 7.32. The number of halogens is 4. The van der Waals surface area contributed by atoms with Crippen molar-refractivity contribution in [2.24, 2.45) is 0 Å². The molecule has 1 aliphatic carbocycles. The minimum Gasteiger partial charge on any atom is -0.310 e. The molecule has 32 heavy (non-hydrogen) atoms. The Hall–Kier alpha value is -0.720. The Bertz CT molecular complexity index is 980. The normalized spacial score (nSPS) is 16.9. The number of fused-ring (bicyclic) bond motifs is 3. The molecule has 6 nitrogen and oxygen atoms in total. The summed E-state index contributed by atoms with van der Waals surface area (Å²) in [5.41, 5.74) is 1.65. The van der Waals surface area contributed by atoms with Crippen molar-refractivity contribution in [2.45, 2.75) is 50.4 Å². The lowest BCUT2D eigenvalue weighted by molar-refractivity contribution is -0.120. The van der Waals surface area contributed by atoms with Crippen LogP contribution < -0.4 is 10.6 Å². The fourth-order valence-corrected chi connectivity index (χ4v) is 5.37. The van der Waals surface area contributed by atoms with Crippen LogP contribution in [0.2, 0.25) is 10.3 Å². The Balaban J connectivity index is 0.000000150.